The summed E-state index contributed by atoms with van der Waals surface area (Å²) in [5, 5.41) is 6.81. The van der Waals surface area contributed by atoms with Gasteiger partial charge in [-0.3, -0.25) is 9.59 Å². The average molecular weight is 310 g/mol. The first-order valence-electron chi connectivity index (χ1n) is 7.25. The van der Waals surface area contributed by atoms with Gasteiger partial charge in [-0.1, -0.05) is 0 Å². The number of ether oxygens (including phenoxy) is 2. The minimum atomic E-state index is -0.133. The minimum absolute atomic E-state index is 0.0145. The molecule has 0 radical (unpaired) electrons. The smallest absolute Gasteiger partial charge is 0.268 e. The first-order chi connectivity index (χ1) is 10.6. The number of nitrogens with zero attached hydrogens (tertiary/aromatic N) is 3. The minimum Gasteiger partial charge on any atom is -0.375 e. The Balaban J connectivity index is 1.85. The van der Waals surface area contributed by atoms with Crippen LogP contribution in [0.3, 0.4) is 0 Å². The van der Waals surface area contributed by atoms with Crippen molar-refractivity contribution in [2.75, 3.05) is 44.9 Å². The number of methoxy groups -OCH3 is 1. The Hall–Kier alpha value is -1.93. The number of carbonyl (C=O) groups is 1. The molecule has 1 amide bonds. The van der Waals surface area contributed by atoms with Crippen LogP contribution >= 0.6 is 0 Å². The molecule has 8 heteroatoms. The lowest BCUT2D eigenvalue weighted by atomic mass is 10.2. The second kappa shape index (κ2) is 7.90. The van der Waals surface area contributed by atoms with Gasteiger partial charge < -0.3 is 19.7 Å². The van der Waals surface area contributed by atoms with Crippen molar-refractivity contribution in [2.24, 2.45) is 7.05 Å². The average Bonchev–Trinajstić information content (AvgIpc) is 2.51. The molecule has 2 heterocycles. The Bertz CT molecular complexity index is 560. The number of anilines is 1. The van der Waals surface area contributed by atoms with Gasteiger partial charge in [0, 0.05) is 39.9 Å². The van der Waals surface area contributed by atoms with E-state index in [9.17, 15) is 9.59 Å². The Morgan fingerprint density at radius 2 is 2.41 bits per heavy atom. The van der Waals surface area contributed by atoms with Gasteiger partial charge in [-0.2, -0.15) is 5.10 Å². The van der Waals surface area contributed by atoms with Crippen LogP contribution in [0.15, 0.2) is 17.1 Å². The summed E-state index contributed by atoms with van der Waals surface area (Å²) in [6.07, 6.45) is 2.41. The van der Waals surface area contributed by atoms with Gasteiger partial charge in [-0.15, -0.1) is 0 Å². The molecule has 0 aliphatic carbocycles. The van der Waals surface area contributed by atoms with Crippen molar-refractivity contribution in [1.82, 2.24) is 15.1 Å². The van der Waals surface area contributed by atoms with E-state index < -0.39 is 0 Å². The van der Waals surface area contributed by atoms with Gasteiger partial charge in [0.25, 0.3) is 5.56 Å². The van der Waals surface area contributed by atoms with Gasteiger partial charge in [-0.05, 0) is 6.42 Å². The molecule has 1 aliphatic heterocycles. The Kier molecular flexibility index (Phi) is 5.91. The van der Waals surface area contributed by atoms with Gasteiger partial charge in [0.05, 0.1) is 24.6 Å². The zero-order valence-electron chi connectivity index (χ0n) is 12.9. The quantitative estimate of drug-likeness (QED) is 0.736. The van der Waals surface area contributed by atoms with Crippen molar-refractivity contribution in [3.63, 3.8) is 0 Å². The summed E-state index contributed by atoms with van der Waals surface area (Å²) in [6, 6.07) is 1.58. The summed E-state index contributed by atoms with van der Waals surface area (Å²) in [5.74, 6) is -0.133. The molecule has 1 saturated heterocycles. The third kappa shape index (κ3) is 4.54. The second-order valence-corrected chi connectivity index (χ2v) is 5.19. The molecule has 8 nitrogen and oxygen atoms in total. The summed E-state index contributed by atoms with van der Waals surface area (Å²) in [5.41, 5.74) is 0.673. The molecule has 0 spiro atoms. The summed E-state index contributed by atoms with van der Waals surface area (Å²) in [4.78, 5) is 25.0. The monoisotopic (exact) mass is 310 g/mol. The fourth-order valence-electron chi connectivity index (χ4n) is 2.32. The van der Waals surface area contributed by atoms with Crippen LogP contribution in [0.4, 0.5) is 5.69 Å². The normalized spacial score (nSPS) is 18.3. The number of carbonyl (C=O) groups excluding carboxylic acids is 1. The van der Waals surface area contributed by atoms with E-state index in [0.29, 0.717) is 26.1 Å². The molecule has 1 N–H and O–H groups in total. The molecular weight excluding hydrogens is 288 g/mol. The summed E-state index contributed by atoms with van der Waals surface area (Å²) < 4.78 is 11.7. The molecule has 1 aromatic heterocycles. The number of aryl methyl sites for hydroxylation is 1. The lowest BCUT2D eigenvalue weighted by Gasteiger charge is -2.34. The number of amides is 1. The standard InChI is InChI=1S/C14H22N4O4/c1-17-14(20)7-11(8-16-17)18-5-6-22-12(9-18)3-4-15-13(19)10-21-2/h7-8,12H,3-6,9-10H2,1-2H3,(H,15,19). The van der Waals surface area contributed by atoms with E-state index in [1.165, 1.54) is 11.8 Å². The molecule has 1 fully saturated rings. The first kappa shape index (κ1) is 16.4. The van der Waals surface area contributed by atoms with Crippen LogP contribution in [0.1, 0.15) is 6.42 Å². The predicted octanol–water partition coefficient (Wildman–Crippen LogP) is -0.862. The molecule has 122 valence electrons. The lowest BCUT2D eigenvalue weighted by Crippen LogP contribution is -2.44. The van der Waals surface area contributed by atoms with Gasteiger partial charge in [0.1, 0.15) is 6.61 Å². The van der Waals surface area contributed by atoms with Gasteiger partial charge in [0.2, 0.25) is 5.91 Å². The predicted molar refractivity (Wildman–Crippen MR) is 80.9 cm³/mol. The van der Waals surface area contributed by atoms with Crippen LogP contribution in [0.25, 0.3) is 0 Å². The Morgan fingerprint density at radius 1 is 1.59 bits per heavy atom. The van der Waals surface area contributed by atoms with Crippen LogP contribution in [0.2, 0.25) is 0 Å². The fraction of sp³-hybridized carbons (Fsp3) is 0.643. The zero-order chi connectivity index (χ0) is 15.9. The van der Waals surface area contributed by atoms with Crippen LogP contribution < -0.4 is 15.8 Å². The molecule has 1 aromatic rings. The number of rotatable bonds is 6. The van der Waals surface area contributed by atoms with Crippen molar-refractivity contribution in [1.29, 1.82) is 0 Å². The van der Waals surface area contributed by atoms with E-state index in [4.69, 9.17) is 9.47 Å². The van der Waals surface area contributed by atoms with E-state index in [1.54, 1.807) is 19.3 Å². The van der Waals surface area contributed by atoms with Gasteiger partial charge in [0.15, 0.2) is 0 Å². The number of nitrogens with one attached hydrogen (secondary N) is 1. The molecular formula is C14H22N4O4. The number of aromatic nitrogens is 2. The number of hydrogen-bond donors (Lipinski definition) is 1. The van der Waals surface area contributed by atoms with Crippen molar-refractivity contribution in [2.45, 2.75) is 12.5 Å². The molecule has 0 bridgehead atoms. The zero-order valence-corrected chi connectivity index (χ0v) is 12.9. The van der Waals surface area contributed by atoms with Crippen LogP contribution in [0.5, 0.6) is 0 Å². The molecule has 22 heavy (non-hydrogen) atoms. The highest BCUT2D eigenvalue weighted by Gasteiger charge is 2.21. The van der Waals surface area contributed by atoms with Crippen molar-refractivity contribution >= 4 is 11.6 Å². The van der Waals surface area contributed by atoms with E-state index in [-0.39, 0.29) is 24.2 Å². The molecule has 0 saturated carbocycles. The van der Waals surface area contributed by atoms with E-state index >= 15 is 0 Å². The Labute approximate surface area is 129 Å². The third-order valence-corrected chi connectivity index (χ3v) is 3.52. The van der Waals surface area contributed by atoms with Crippen molar-refractivity contribution < 1.29 is 14.3 Å². The number of hydrogen-bond acceptors (Lipinski definition) is 6. The van der Waals surface area contributed by atoms with E-state index in [0.717, 1.165) is 12.2 Å². The maximum absolute atomic E-state index is 11.7. The highest BCUT2D eigenvalue weighted by Crippen LogP contribution is 2.16. The van der Waals surface area contributed by atoms with E-state index in [2.05, 4.69) is 15.3 Å². The molecule has 0 aromatic carbocycles. The van der Waals surface area contributed by atoms with Crippen LogP contribution in [0, 0.1) is 0 Å². The second-order valence-electron chi connectivity index (χ2n) is 5.19. The van der Waals surface area contributed by atoms with Crippen molar-refractivity contribution in [3.8, 4) is 0 Å². The molecule has 1 atom stereocenters. The van der Waals surface area contributed by atoms with Gasteiger partial charge >= 0.3 is 0 Å². The summed E-state index contributed by atoms with van der Waals surface area (Å²) >= 11 is 0. The summed E-state index contributed by atoms with van der Waals surface area (Å²) in [6.45, 7) is 2.59. The Morgan fingerprint density at radius 3 is 3.14 bits per heavy atom. The maximum atomic E-state index is 11.7. The number of morpholine rings is 1. The van der Waals surface area contributed by atoms with Crippen molar-refractivity contribution in [3.05, 3.63) is 22.6 Å². The highest BCUT2D eigenvalue weighted by atomic mass is 16.5. The first-order valence-corrected chi connectivity index (χ1v) is 7.25. The lowest BCUT2D eigenvalue weighted by molar-refractivity contribution is -0.124. The highest BCUT2D eigenvalue weighted by molar-refractivity contribution is 5.77. The topological polar surface area (TPSA) is 85.7 Å². The molecule has 1 unspecified atom stereocenters. The van der Waals surface area contributed by atoms with E-state index in [1.807, 2.05) is 0 Å². The molecule has 1 aliphatic rings. The third-order valence-electron chi connectivity index (χ3n) is 3.52. The fourth-order valence-corrected chi connectivity index (χ4v) is 2.32. The van der Waals surface area contributed by atoms with Gasteiger partial charge in [-0.25, -0.2) is 4.68 Å². The maximum Gasteiger partial charge on any atom is 0.268 e. The molecule has 2 rings (SSSR count). The summed E-state index contributed by atoms with van der Waals surface area (Å²) in [7, 11) is 3.11. The van der Waals surface area contributed by atoms with Crippen LogP contribution in [-0.2, 0) is 21.3 Å². The van der Waals surface area contributed by atoms with Crippen LogP contribution in [-0.4, -0.2) is 61.7 Å². The largest absolute Gasteiger partial charge is 0.375 e. The SMILES string of the molecule is COCC(=O)NCCC1CN(c2cnn(C)c(=O)c2)CCO1.